The Bertz CT molecular complexity index is 504. The van der Waals surface area contributed by atoms with Gasteiger partial charge >= 0.3 is 6.18 Å². The molecule has 0 spiro atoms. The monoisotopic (exact) mass is 341 g/mol. The van der Waals surface area contributed by atoms with E-state index in [4.69, 9.17) is 11.6 Å². The van der Waals surface area contributed by atoms with Gasteiger partial charge in [0.1, 0.15) is 0 Å². The van der Waals surface area contributed by atoms with Crippen molar-refractivity contribution in [3.63, 3.8) is 0 Å². The first-order valence-corrected chi connectivity index (χ1v) is 8.33. The van der Waals surface area contributed by atoms with Gasteiger partial charge in [-0.3, -0.25) is 4.79 Å². The first-order chi connectivity index (χ1) is 9.38. The van der Waals surface area contributed by atoms with Crippen LogP contribution in [0.2, 0.25) is 5.02 Å². The molecule has 1 fully saturated rings. The van der Waals surface area contributed by atoms with E-state index in [9.17, 15) is 18.0 Å². The van der Waals surface area contributed by atoms with Crippen molar-refractivity contribution in [2.75, 3.05) is 22.6 Å². The largest absolute Gasteiger partial charge is 0.417 e. The second kappa shape index (κ2) is 6.49. The zero-order valence-electron chi connectivity index (χ0n) is 10.2. The van der Waals surface area contributed by atoms with Gasteiger partial charge in [-0.25, -0.2) is 0 Å². The minimum absolute atomic E-state index is 0.114. The number of benzene rings is 1. The molecule has 1 amide bonds. The average molecular weight is 342 g/mol. The van der Waals surface area contributed by atoms with Gasteiger partial charge in [-0.2, -0.15) is 24.9 Å². The van der Waals surface area contributed by atoms with Gasteiger partial charge in [0.2, 0.25) is 5.91 Å². The summed E-state index contributed by atoms with van der Waals surface area (Å²) in [5.74, 6) is 2.28. The molecule has 1 saturated heterocycles. The Kier molecular flexibility index (Phi) is 5.14. The number of anilines is 1. The second-order valence-electron chi connectivity index (χ2n) is 4.12. The Morgan fingerprint density at radius 3 is 2.70 bits per heavy atom. The zero-order valence-corrected chi connectivity index (χ0v) is 12.6. The van der Waals surface area contributed by atoms with Crippen LogP contribution < -0.4 is 5.32 Å². The van der Waals surface area contributed by atoms with E-state index in [0.717, 1.165) is 23.6 Å². The molecule has 1 aromatic rings. The van der Waals surface area contributed by atoms with Crippen molar-refractivity contribution in [2.24, 2.45) is 0 Å². The van der Waals surface area contributed by atoms with Gasteiger partial charge in [-0.15, -0.1) is 11.8 Å². The van der Waals surface area contributed by atoms with E-state index < -0.39 is 11.7 Å². The fourth-order valence-corrected chi connectivity index (χ4v) is 4.46. The molecule has 1 atom stereocenters. The highest BCUT2D eigenvalue weighted by molar-refractivity contribution is 8.07. The summed E-state index contributed by atoms with van der Waals surface area (Å²) in [4.78, 5) is 12.0. The summed E-state index contributed by atoms with van der Waals surface area (Å²) >= 11 is 8.72. The molecule has 0 aliphatic carbocycles. The number of halogens is 4. The van der Waals surface area contributed by atoms with E-state index in [1.807, 2.05) is 0 Å². The number of amides is 1. The first kappa shape index (κ1) is 15.9. The molecule has 0 bridgehead atoms. The van der Waals surface area contributed by atoms with E-state index in [-0.39, 0.29) is 21.9 Å². The first-order valence-electron chi connectivity index (χ1n) is 5.75. The number of thioether (sulfide) groups is 2. The molecule has 2 nitrogen and oxygen atoms in total. The van der Waals surface area contributed by atoms with Gasteiger partial charge in [-0.1, -0.05) is 11.6 Å². The fraction of sp³-hybridized carbons (Fsp3) is 0.417. The van der Waals surface area contributed by atoms with Gasteiger partial charge in [0, 0.05) is 22.9 Å². The minimum atomic E-state index is -4.53. The van der Waals surface area contributed by atoms with Crippen molar-refractivity contribution in [1.82, 2.24) is 0 Å². The molecule has 1 aliphatic rings. The van der Waals surface area contributed by atoms with E-state index >= 15 is 0 Å². The average Bonchev–Trinajstić information content (AvgIpc) is 2.40. The third-order valence-corrected chi connectivity index (χ3v) is 5.73. The summed E-state index contributed by atoms with van der Waals surface area (Å²) in [5, 5.41) is 1.92. The maximum Gasteiger partial charge on any atom is 0.417 e. The summed E-state index contributed by atoms with van der Waals surface area (Å²) in [5.41, 5.74) is -0.828. The predicted octanol–water partition coefficient (Wildman–Crippen LogP) is 4.15. The molecule has 110 valence electrons. The Morgan fingerprint density at radius 2 is 2.10 bits per heavy atom. The zero-order chi connectivity index (χ0) is 14.8. The lowest BCUT2D eigenvalue weighted by Gasteiger charge is -2.20. The molecule has 0 saturated carbocycles. The van der Waals surface area contributed by atoms with E-state index in [2.05, 4.69) is 5.32 Å². The lowest BCUT2D eigenvalue weighted by molar-refractivity contribution is -0.137. The highest BCUT2D eigenvalue weighted by Gasteiger charge is 2.33. The van der Waals surface area contributed by atoms with Crippen molar-refractivity contribution in [1.29, 1.82) is 0 Å². The second-order valence-corrected chi connectivity index (χ2v) is 6.98. The summed E-state index contributed by atoms with van der Waals surface area (Å²) in [6.45, 7) is 0. The van der Waals surface area contributed by atoms with E-state index in [1.54, 1.807) is 11.8 Å². The molecule has 0 radical (unpaired) electrons. The Balaban J connectivity index is 2.11. The van der Waals surface area contributed by atoms with Crippen molar-refractivity contribution >= 4 is 46.7 Å². The molecular formula is C12H11ClF3NOS2. The highest BCUT2D eigenvalue weighted by Crippen LogP contribution is 2.36. The molecule has 1 N–H and O–H groups in total. The van der Waals surface area contributed by atoms with Crippen LogP contribution in [0.4, 0.5) is 18.9 Å². The number of nitrogens with one attached hydrogen (secondary N) is 1. The van der Waals surface area contributed by atoms with Crippen molar-refractivity contribution < 1.29 is 18.0 Å². The normalized spacial score (nSPS) is 19.7. The quantitative estimate of drug-likeness (QED) is 0.876. The minimum Gasteiger partial charge on any atom is -0.325 e. The number of rotatable bonds is 2. The smallest absolute Gasteiger partial charge is 0.325 e. The SMILES string of the molecule is O=C(Nc1ccc(Cl)c(C(F)(F)F)c1)C1CSCCS1. The third-order valence-electron chi connectivity index (χ3n) is 2.65. The lowest BCUT2D eigenvalue weighted by atomic mass is 10.2. The Hall–Kier alpha value is -0.530. The Morgan fingerprint density at radius 1 is 1.35 bits per heavy atom. The summed E-state index contributed by atoms with van der Waals surface area (Å²) in [6.07, 6.45) is -4.53. The number of carbonyl (C=O) groups is 1. The maximum absolute atomic E-state index is 12.7. The Labute approximate surface area is 127 Å². The highest BCUT2D eigenvalue weighted by atomic mass is 35.5. The molecule has 1 heterocycles. The van der Waals surface area contributed by atoms with Crippen molar-refractivity contribution in [3.05, 3.63) is 28.8 Å². The molecule has 20 heavy (non-hydrogen) atoms. The van der Waals surface area contributed by atoms with E-state index in [0.29, 0.717) is 5.75 Å². The molecule has 1 unspecified atom stereocenters. The molecule has 2 rings (SSSR count). The van der Waals surface area contributed by atoms with Crippen LogP contribution in [0, 0.1) is 0 Å². The third kappa shape index (κ3) is 3.99. The summed E-state index contributed by atoms with van der Waals surface area (Å²) < 4.78 is 38.1. The van der Waals surface area contributed by atoms with E-state index in [1.165, 1.54) is 17.8 Å². The molecular weight excluding hydrogens is 331 g/mol. The van der Waals surface area contributed by atoms with Crippen LogP contribution in [-0.2, 0) is 11.0 Å². The maximum atomic E-state index is 12.7. The van der Waals surface area contributed by atoms with Gasteiger partial charge in [0.15, 0.2) is 0 Å². The fourth-order valence-electron chi connectivity index (χ4n) is 1.68. The summed E-state index contributed by atoms with van der Waals surface area (Å²) in [7, 11) is 0. The number of alkyl halides is 3. The van der Waals surface area contributed by atoms with Crippen LogP contribution in [-0.4, -0.2) is 28.4 Å². The molecule has 1 aromatic carbocycles. The molecule has 0 aromatic heterocycles. The van der Waals surface area contributed by atoms with Crippen molar-refractivity contribution in [2.45, 2.75) is 11.4 Å². The summed E-state index contributed by atoms with van der Waals surface area (Å²) in [6, 6.07) is 3.37. The van der Waals surface area contributed by atoms with Gasteiger partial charge in [-0.05, 0) is 18.2 Å². The van der Waals surface area contributed by atoms with Crippen LogP contribution in [0.5, 0.6) is 0 Å². The molecule has 8 heteroatoms. The van der Waals surface area contributed by atoms with Crippen LogP contribution in [0.1, 0.15) is 5.56 Å². The van der Waals surface area contributed by atoms with Gasteiger partial charge in [0.25, 0.3) is 0 Å². The van der Waals surface area contributed by atoms with Crippen LogP contribution in [0.3, 0.4) is 0 Å². The number of carbonyl (C=O) groups excluding carboxylic acids is 1. The predicted molar refractivity (Wildman–Crippen MR) is 78.7 cm³/mol. The molecule has 1 aliphatic heterocycles. The van der Waals surface area contributed by atoms with Gasteiger partial charge in [0.05, 0.1) is 15.8 Å². The topological polar surface area (TPSA) is 29.1 Å². The van der Waals surface area contributed by atoms with Crippen molar-refractivity contribution in [3.8, 4) is 0 Å². The number of hydrogen-bond acceptors (Lipinski definition) is 3. The van der Waals surface area contributed by atoms with Crippen LogP contribution in [0.15, 0.2) is 18.2 Å². The van der Waals surface area contributed by atoms with Crippen LogP contribution >= 0.6 is 35.1 Å². The van der Waals surface area contributed by atoms with Gasteiger partial charge < -0.3 is 5.32 Å². The standard InChI is InChI=1S/C12H11ClF3NOS2/c13-9-2-1-7(5-8(9)12(14,15)16)17-11(18)10-6-19-3-4-20-10/h1-2,5,10H,3-4,6H2,(H,17,18). The van der Waals surface area contributed by atoms with Crippen LogP contribution in [0.25, 0.3) is 0 Å². The number of hydrogen-bond donors (Lipinski definition) is 1. The lowest BCUT2D eigenvalue weighted by Crippen LogP contribution is -2.30.